The molecule has 7 nitrogen and oxygen atoms in total. The third-order valence-corrected chi connectivity index (χ3v) is 2.25. The van der Waals surface area contributed by atoms with Gasteiger partial charge in [0.05, 0.1) is 10.5 Å². The molecule has 20 heavy (non-hydrogen) atoms. The number of hydrogen-bond acceptors (Lipinski definition) is 6. The molecule has 7 heteroatoms. The van der Waals surface area contributed by atoms with Gasteiger partial charge in [0.1, 0.15) is 5.60 Å². The highest BCUT2D eigenvalue weighted by molar-refractivity contribution is 5.90. The van der Waals surface area contributed by atoms with Crippen LogP contribution in [-0.2, 0) is 16.3 Å². The van der Waals surface area contributed by atoms with Gasteiger partial charge in [-0.3, -0.25) is 15.0 Å². The van der Waals surface area contributed by atoms with E-state index in [4.69, 9.17) is 4.89 Å². The summed E-state index contributed by atoms with van der Waals surface area (Å²) in [5.74, 6) is -0.765. The maximum absolute atomic E-state index is 11.7. The molecule has 0 aliphatic carbocycles. The minimum atomic E-state index is -0.765. The Hall–Kier alpha value is -1.99. The Morgan fingerprint density at radius 3 is 2.55 bits per heavy atom. The van der Waals surface area contributed by atoms with E-state index in [0.717, 1.165) is 0 Å². The summed E-state index contributed by atoms with van der Waals surface area (Å²) in [4.78, 5) is 31.7. The van der Waals surface area contributed by atoms with Gasteiger partial charge in [0.15, 0.2) is 0 Å². The lowest BCUT2D eigenvalue weighted by atomic mass is 10.1. The Morgan fingerprint density at radius 2 is 2.05 bits per heavy atom. The summed E-state index contributed by atoms with van der Waals surface area (Å²) in [6, 6.07) is 4.16. The van der Waals surface area contributed by atoms with Crippen LogP contribution in [-0.4, -0.2) is 23.5 Å². The number of benzene rings is 1. The normalized spacial score (nSPS) is 11.2. The van der Waals surface area contributed by atoms with Crippen molar-refractivity contribution in [3.05, 3.63) is 39.4 Å². The molecule has 0 saturated heterocycles. The van der Waals surface area contributed by atoms with Crippen molar-refractivity contribution in [2.24, 2.45) is 0 Å². The molecule has 110 valence electrons. The predicted octanol–water partition coefficient (Wildman–Crippen LogP) is 2.20. The summed E-state index contributed by atoms with van der Waals surface area (Å²) in [5.41, 5.74) is -0.218. The van der Waals surface area contributed by atoms with Crippen LogP contribution < -0.4 is 5.32 Å². The van der Waals surface area contributed by atoms with Gasteiger partial charge >= 0.3 is 5.97 Å². The molecule has 1 aromatic carbocycles. The van der Waals surface area contributed by atoms with Crippen molar-refractivity contribution in [3.63, 3.8) is 0 Å². The molecule has 0 aliphatic rings. The first-order valence-corrected chi connectivity index (χ1v) is 6.06. The van der Waals surface area contributed by atoms with Crippen LogP contribution in [0.15, 0.2) is 18.2 Å². The standard InChI is InChI=1S/C13H18N2O5/c1-13(2,3)20-19-12(16)9-5-6-10(8-14-4)11(7-9)15(17)18/h5-7,14H,8H2,1-4H3. The first-order chi connectivity index (χ1) is 9.24. The zero-order valence-electron chi connectivity index (χ0n) is 11.9. The van der Waals surface area contributed by atoms with Crippen molar-refractivity contribution in [3.8, 4) is 0 Å². The summed E-state index contributed by atoms with van der Waals surface area (Å²) < 4.78 is 0. The number of nitrogens with zero attached hydrogens (tertiary/aromatic N) is 1. The number of hydrogen-bond donors (Lipinski definition) is 1. The molecule has 0 amide bonds. The van der Waals surface area contributed by atoms with Crippen molar-refractivity contribution in [1.29, 1.82) is 0 Å². The summed E-state index contributed by atoms with van der Waals surface area (Å²) in [5, 5.41) is 13.8. The molecule has 0 heterocycles. The van der Waals surface area contributed by atoms with Gasteiger partial charge in [0.2, 0.25) is 0 Å². The molecule has 0 spiro atoms. The van der Waals surface area contributed by atoms with Crippen LogP contribution in [0.2, 0.25) is 0 Å². The lowest BCUT2D eigenvalue weighted by Crippen LogP contribution is -2.22. The first kappa shape index (κ1) is 16.1. The predicted molar refractivity (Wildman–Crippen MR) is 72.1 cm³/mol. The van der Waals surface area contributed by atoms with Gasteiger partial charge in [-0.15, -0.1) is 0 Å². The Kier molecular flexibility index (Phi) is 5.18. The van der Waals surface area contributed by atoms with Crippen LogP contribution in [0.4, 0.5) is 5.69 Å². The van der Waals surface area contributed by atoms with E-state index in [9.17, 15) is 14.9 Å². The number of rotatable bonds is 5. The van der Waals surface area contributed by atoms with Crippen molar-refractivity contribution in [2.75, 3.05) is 7.05 Å². The number of carbonyl (C=O) groups is 1. The maximum Gasteiger partial charge on any atom is 0.373 e. The third kappa shape index (κ3) is 4.60. The van der Waals surface area contributed by atoms with Crippen molar-refractivity contribution in [2.45, 2.75) is 32.9 Å². The number of carbonyl (C=O) groups excluding carboxylic acids is 1. The number of nitro groups is 1. The van der Waals surface area contributed by atoms with Gasteiger partial charge in [0.25, 0.3) is 5.69 Å². The van der Waals surface area contributed by atoms with Crippen molar-refractivity contribution >= 4 is 11.7 Å². The van der Waals surface area contributed by atoms with Crippen LogP contribution in [0, 0.1) is 10.1 Å². The van der Waals surface area contributed by atoms with Gasteiger partial charge in [-0.2, -0.15) is 4.89 Å². The summed E-state index contributed by atoms with van der Waals surface area (Å²) in [7, 11) is 1.68. The van der Waals surface area contributed by atoms with E-state index < -0.39 is 16.5 Å². The van der Waals surface area contributed by atoms with E-state index in [1.54, 1.807) is 27.8 Å². The monoisotopic (exact) mass is 282 g/mol. The molecular weight excluding hydrogens is 264 g/mol. The average molecular weight is 282 g/mol. The smallest absolute Gasteiger partial charge is 0.315 e. The van der Waals surface area contributed by atoms with E-state index in [1.807, 2.05) is 0 Å². The Balaban J connectivity index is 2.94. The average Bonchev–Trinajstić information content (AvgIpc) is 2.35. The van der Waals surface area contributed by atoms with Crippen LogP contribution in [0.3, 0.4) is 0 Å². The molecule has 0 aliphatic heterocycles. The zero-order chi connectivity index (χ0) is 15.3. The second-order valence-corrected chi connectivity index (χ2v) is 5.20. The van der Waals surface area contributed by atoms with E-state index in [-0.39, 0.29) is 11.3 Å². The van der Waals surface area contributed by atoms with Crippen molar-refractivity contribution < 1.29 is 19.5 Å². The fourth-order valence-corrected chi connectivity index (χ4v) is 1.41. The van der Waals surface area contributed by atoms with Crippen LogP contribution in [0.1, 0.15) is 36.7 Å². The molecule has 0 fully saturated rings. The van der Waals surface area contributed by atoms with Crippen LogP contribution in [0.5, 0.6) is 0 Å². The lowest BCUT2D eigenvalue weighted by Gasteiger charge is -2.16. The largest absolute Gasteiger partial charge is 0.373 e. The summed E-state index contributed by atoms with van der Waals surface area (Å²) in [6.07, 6.45) is 0. The van der Waals surface area contributed by atoms with Gasteiger partial charge in [-0.1, -0.05) is 6.07 Å². The van der Waals surface area contributed by atoms with E-state index in [1.165, 1.54) is 18.2 Å². The van der Waals surface area contributed by atoms with Gasteiger partial charge in [0, 0.05) is 18.2 Å². The molecule has 0 saturated carbocycles. The second kappa shape index (κ2) is 6.44. The quantitative estimate of drug-likeness (QED) is 0.506. The van der Waals surface area contributed by atoms with Crippen LogP contribution >= 0.6 is 0 Å². The van der Waals surface area contributed by atoms with Crippen LogP contribution in [0.25, 0.3) is 0 Å². The SMILES string of the molecule is CNCc1ccc(C(=O)OOC(C)(C)C)cc1[N+](=O)[O-]. The highest BCUT2D eigenvalue weighted by atomic mass is 17.2. The Labute approximate surface area is 117 Å². The minimum absolute atomic E-state index is 0.0702. The minimum Gasteiger partial charge on any atom is -0.315 e. The molecule has 0 aromatic heterocycles. The first-order valence-electron chi connectivity index (χ1n) is 6.06. The van der Waals surface area contributed by atoms with E-state index in [0.29, 0.717) is 12.1 Å². The Bertz CT molecular complexity index is 508. The highest BCUT2D eigenvalue weighted by Gasteiger charge is 2.20. The molecule has 1 N–H and O–H groups in total. The summed E-state index contributed by atoms with van der Waals surface area (Å²) >= 11 is 0. The van der Waals surface area contributed by atoms with Crippen molar-refractivity contribution in [1.82, 2.24) is 5.32 Å². The Morgan fingerprint density at radius 1 is 1.40 bits per heavy atom. The summed E-state index contributed by atoms with van der Waals surface area (Å²) in [6.45, 7) is 5.50. The molecule has 1 aromatic rings. The molecule has 0 bridgehead atoms. The maximum atomic E-state index is 11.7. The van der Waals surface area contributed by atoms with Gasteiger partial charge < -0.3 is 5.32 Å². The fraction of sp³-hybridized carbons (Fsp3) is 0.462. The van der Waals surface area contributed by atoms with Gasteiger partial charge in [-0.05, 0) is 33.9 Å². The molecule has 1 rings (SSSR count). The lowest BCUT2D eigenvalue weighted by molar-refractivity contribution is -0.385. The molecule has 0 atom stereocenters. The molecule has 0 unspecified atom stereocenters. The highest BCUT2D eigenvalue weighted by Crippen LogP contribution is 2.21. The number of nitrogens with one attached hydrogen (secondary N) is 1. The molecule has 0 radical (unpaired) electrons. The van der Waals surface area contributed by atoms with E-state index in [2.05, 4.69) is 10.2 Å². The van der Waals surface area contributed by atoms with Gasteiger partial charge in [-0.25, -0.2) is 4.79 Å². The third-order valence-electron chi connectivity index (χ3n) is 2.25. The molecular formula is C13H18N2O5. The zero-order valence-corrected chi connectivity index (χ0v) is 11.9. The number of nitro benzene ring substituents is 1. The fourth-order valence-electron chi connectivity index (χ4n) is 1.41. The van der Waals surface area contributed by atoms with E-state index >= 15 is 0 Å². The second-order valence-electron chi connectivity index (χ2n) is 5.20. The topological polar surface area (TPSA) is 90.7 Å².